The highest BCUT2D eigenvalue weighted by Gasteiger charge is 2.19. The van der Waals surface area contributed by atoms with Gasteiger partial charge in [0.1, 0.15) is 0 Å². The molecule has 2 N–H and O–H groups in total. The summed E-state index contributed by atoms with van der Waals surface area (Å²) in [4.78, 5) is 8.05. The van der Waals surface area contributed by atoms with Gasteiger partial charge in [0.25, 0.3) is 0 Å². The fourth-order valence-electron chi connectivity index (χ4n) is 2.40. The summed E-state index contributed by atoms with van der Waals surface area (Å²) in [6.45, 7) is 6.42. The van der Waals surface area contributed by atoms with Crippen molar-refractivity contribution < 1.29 is 0 Å². The monoisotopic (exact) mass is 280 g/mol. The summed E-state index contributed by atoms with van der Waals surface area (Å²) in [6.07, 6.45) is 1.28. The molecule has 0 amide bonds. The molecule has 5 heteroatoms. The zero-order valence-corrected chi connectivity index (χ0v) is 12.9. The summed E-state index contributed by atoms with van der Waals surface area (Å²) in [7, 11) is 4.02. The molecule has 1 fully saturated rings. The Morgan fingerprint density at radius 1 is 1.53 bits per heavy atom. The molecule has 1 unspecified atom stereocenters. The molecule has 19 heavy (non-hydrogen) atoms. The van der Waals surface area contributed by atoms with Crippen molar-refractivity contribution in [2.45, 2.75) is 19.9 Å². The Labute approximate surface area is 119 Å². The summed E-state index contributed by atoms with van der Waals surface area (Å²) in [5, 5.41) is 8.95. The van der Waals surface area contributed by atoms with E-state index in [4.69, 9.17) is 0 Å². The van der Waals surface area contributed by atoms with Crippen LogP contribution in [0.25, 0.3) is 0 Å². The molecule has 1 atom stereocenters. The van der Waals surface area contributed by atoms with Crippen molar-refractivity contribution in [2.24, 2.45) is 10.9 Å². The Hall–Kier alpha value is -1.07. The fraction of sp³-hybridized carbons (Fsp3) is 0.643. The van der Waals surface area contributed by atoms with Gasteiger partial charge in [0.15, 0.2) is 5.96 Å². The maximum absolute atomic E-state index is 4.28. The average molecular weight is 280 g/mol. The minimum Gasteiger partial charge on any atom is -0.356 e. The van der Waals surface area contributed by atoms with E-state index in [-0.39, 0.29) is 0 Å². The summed E-state index contributed by atoms with van der Waals surface area (Å²) in [5.74, 6) is 1.65. The molecule has 1 aliphatic rings. The van der Waals surface area contributed by atoms with Crippen molar-refractivity contribution in [2.75, 3.05) is 33.7 Å². The van der Waals surface area contributed by atoms with Gasteiger partial charge in [-0.2, -0.15) is 0 Å². The third-order valence-corrected chi connectivity index (χ3v) is 4.68. The predicted octanol–water partition coefficient (Wildman–Crippen LogP) is 1.67. The first-order valence-electron chi connectivity index (χ1n) is 6.85. The summed E-state index contributed by atoms with van der Waals surface area (Å²) in [5.41, 5.74) is 1.35. The molecule has 1 aromatic rings. The number of hydrogen-bond donors (Lipinski definition) is 2. The summed E-state index contributed by atoms with van der Waals surface area (Å²) >= 11 is 1.79. The van der Waals surface area contributed by atoms with Crippen LogP contribution in [0.1, 0.15) is 16.9 Å². The molecule has 106 valence electrons. The molecule has 0 radical (unpaired) electrons. The lowest BCUT2D eigenvalue weighted by Gasteiger charge is -2.15. The Balaban J connectivity index is 1.73. The number of hydrogen-bond acceptors (Lipinski definition) is 3. The van der Waals surface area contributed by atoms with Crippen molar-refractivity contribution >= 4 is 17.3 Å². The van der Waals surface area contributed by atoms with E-state index in [1.165, 1.54) is 30.0 Å². The van der Waals surface area contributed by atoms with Crippen LogP contribution in [0.2, 0.25) is 0 Å². The molecular formula is C14H24N4S. The van der Waals surface area contributed by atoms with Gasteiger partial charge in [0, 0.05) is 25.0 Å². The molecule has 1 saturated heterocycles. The average Bonchev–Trinajstić information content (AvgIpc) is 2.99. The van der Waals surface area contributed by atoms with Gasteiger partial charge in [-0.3, -0.25) is 4.99 Å². The van der Waals surface area contributed by atoms with E-state index in [1.54, 1.807) is 11.3 Å². The summed E-state index contributed by atoms with van der Waals surface area (Å²) in [6, 6.07) is 2.16. The van der Waals surface area contributed by atoms with Gasteiger partial charge < -0.3 is 15.5 Å². The van der Waals surface area contributed by atoms with Gasteiger partial charge in [-0.1, -0.05) is 0 Å². The lowest BCUT2D eigenvalue weighted by atomic mass is 10.1. The molecule has 1 aliphatic heterocycles. The minimum absolute atomic E-state index is 0.743. The zero-order valence-electron chi connectivity index (χ0n) is 12.1. The first kappa shape index (κ1) is 14.3. The lowest BCUT2D eigenvalue weighted by molar-refractivity contribution is 0.394. The molecule has 0 spiro atoms. The first-order chi connectivity index (χ1) is 9.19. The number of rotatable bonds is 4. The maximum atomic E-state index is 4.28. The van der Waals surface area contributed by atoms with Crippen molar-refractivity contribution in [3.05, 3.63) is 21.9 Å². The smallest absolute Gasteiger partial charge is 0.191 e. The van der Waals surface area contributed by atoms with E-state index in [2.05, 4.69) is 45.9 Å². The van der Waals surface area contributed by atoms with Crippen LogP contribution >= 0.6 is 11.3 Å². The van der Waals surface area contributed by atoms with Crippen LogP contribution in [0, 0.1) is 12.8 Å². The van der Waals surface area contributed by atoms with Gasteiger partial charge >= 0.3 is 0 Å². The Bertz CT molecular complexity index is 427. The zero-order chi connectivity index (χ0) is 13.7. The highest BCUT2D eigenvalue weighted by molar-refractivity contribution is 7.10. The highest BCUT2D eigenvalue weighted by Crippen LogP contribution is 2.15. The maximum Gasteiger partial charge on any atom is 0.191 e. The van der Waals surface area contributed by atoms with Gasteiger partial charge in [-0.05, 0) is 49.9 Å². The Morgan fingerprint density at radius 3 is 2.95 bits per heavy atom. The second-order valence-corrected chi connectivity index (χ2v) is 6.25. The number of aliphatic imine (C=N–C) groups is 1. The molecule has 2 heterocycles. The Morgan fingerprint density at radius 2 is 2.37 bits per heavy atom. The van der Waals surface area contributed by atoms with Gasteiger partial charge in [-0.25, -0.2) is 0 Å². The van der Waals surface area contributed by atoms with Crippen LogP contribution in [-0.4, -0.2) is 44.6 Å². The van der Waals surface area contributed by atoms with Crippen LogP contribution in [0.4, 0.5) is 0 Å². The van der Waals surface area contributed by atoms with E-state index in [9.17, 15) is 0 Å². The number of nitrogens with zero attached hydrogens (tertiary/aromatic N) is 2. The van der Waals surface area contributed by atoms with E-state index in [0.717, 1.165) is 25.0 Å². The number of likely N-dealkylation sites (tertiary alicyclic amines) is 1. The molecule has 2 rings (SSSR count). The number of aryl methyl sites for hydroxylation is 1. The third-order valence-electron chi connectivity index (χ3n) is 3.66. The molecule has 0 aromatic carbocycles. The topological polar surface area (TPSA) is 39.7 Å². The normalized spacial score (nSPS) is 20.8. The second-order valence-electron chi connectivity index (χ2n) is 5.25. The van der Waals surface area contributed by atoms with Crippen LogP contribution in [-0.2, 0) is 6.54 Å². The predicted molar refractivity (Wildman–Crippen MR) is 82.9 cm³/mol. The van der Waals surface area contributed by atoms with Crippen molar-refractivity contribution in [1.29, 1.82) is 0 Å². The molecule has 0 bridgehead atoms. The van der Waals surface area contributed by atoms with Crippen molar-refractivity contribution in [3.8, 4) is 0 Å². The molecule has 4 nitrogen and oxygen atoms in total. The van der Waals surface area contributed by atoms with Crippen molar-refractivity contribution in [3.63, 3.8) is 0 Å². The molecule has 1 aromatic heterocycles. The van der Waals surface area contributed by atoms with E-state index < -0.39 is 0 Å². The highest BCUT2D eigenvalue weighted by atomic mass is 32.1. The lowest BCUT2D eigenvalue weighted by Crippen LogP contribution is -2.39. The van der Waals surface area contributed by atoms with Crippen LogP contribution in [0.3, 0.4) is 0 Å². The van der Waals surface area contributed by atoms with E-state index >= 15 is 0 Å². The SMILES string of the molecule is CN=C(NCc1sccc1C)NCC1CCN(C)C1. The largest absolute Gasteiger partial charge is 0.356 e. The van der Waals surface area contributed by atoms with Crippen LogP contribution < -0.4 is 10.6 Å². The molecule has 0 saturated carbocycles. The van der Waals surface area contributed by atoms with E-state index in [1.807, 2.05) is 7.05 Å². The minimum atomic E-state index is 0.743. The van der Waals surface area contributed by atoms with Gasteiger partial charge in [0.2, 0.25) is 0 Å². The van der Waals surface area contributed by atoms with Crippen molar-refractivity contribution in [1.82, 2.24) is 15.5 Å². The molecular weight excluding hydrogens is 256 g/mol. The fourth-order valence-corrected chi connectivity index (χ4v) is 3.25. The molecule has 0 aliphatic carbocycles. The third kappa shape index (κ3) is 4.21. The van der Waals surface area contributed by atoms with Gasteiger partial charge in [-0.15, -0.1) is 11.3 Å². The number of nitrogens with one attached hydrogen (secondary N) is 2. The summed E-state index contributed by atoms with van der Waals surface area (Å²) < 4.78 is 0. The number of thiophene rings is 1. The quantitative estimate of drug-likeness (QED) is 0.651. The van der Waals surface area contributed by atoms with Crippen LogP contribution in [0.15, 0.2) is 16.4 Å². The standard InChI is InChI=1S/C14H24N4S/c1-11-5-7-19-13(11)9-17-14(15-2)16-8-12-4-6-18(3)10-12/h5,7,12H,4,6,8-10H2,1-3H3,(H2,15,16,17). The number of guanidine groups is 1. The van der Waals surface area contributed by atoms with Crippen LogP contribution in [0.5, 0.6) is 0 Å². The second kappa shape index (κ2) is 6.91. The van der Waals surface area contributed by atoms with Gasteiger partial charge in [0.05, 0.1) is 6.54 Å². The Kier molecular flexibility index (Phi) is 5.22. The first-order valence-corrected chi connectivity index (χ1v) is 7.73. The van der Waals surface area contributed by atoms with E-state index in [0.29, 0.717) is 0 Å².